The number of carbonyl (C=O) groups excluding carboxylic acids is 1. The first-order valence-corrected chi connectivity index (χ1v) is 8.61. The Balaban J connectivity index is 0.00000225. The predicted molar refractivity (Wildman–Crippen MR) is 102 cm³/mol. The van der Waals surface area contributed by atoms with Crippen molar-refractivity contribution in [1.82, 2.24) is 9.47 Å². The molecule has 134 valence electrons. The number of benzene rings is 1. The lowest BCUT2D eigenvalue weighted by atomic mass is 9.95. The summed E-state index contributed by atoms with van der Waals surface area (Å²) in [4.78, 5) is 14.8. The second kappa shape index (κ2) is 8.37. The summed E-state index contributed by atoms with van der Waals surface area (Å²) in [5, 5.41) is 10.4. The molecule has 1 aliphatic heterocycles. The number of nitriles is 1. The van der Waals surface area contributed by atoms with E-state index in [0.717, 1.165) is 48.9 Å². The first kappa shape index (κ1) is 19.3. The largest absolute Gasteiger partial charge is 0.341 e. The summed E-state index contributed by atoms with van der Waals surface area (Å²) in [6.45, 7) is 4.52. The van der Waals surface area contributed by atoms with Crippen molar-refractivity contribution in [1.29, 1.82) is 5.26 Å². The minimum absolute atomic E-state index is 0. The standard InChI is InChI=1S/C19H24N4O.ClH/c1-14-17(11-21)16-6-2-3-7-18(16)23(14)13-19(24)22-10-4-5-15(12-22)8-9-20;/h2-3,6-7,15H,4-5,8-10,12-13,20H2,1H3;1H. The summed E-state index contributed by atoms with van der Waals surface area (Å²) in [7, 11) is 0. The van der Waals surface area contributed by atoms with Gasteiger partial charge in [0, 0.05) is 24.2 Å². The van der Waals surface area contributed by atoms with Crippen molar-refractivity contribution in [3.05, 3.63) is 35.5 Å². The molecule has 2 aromatic rings. The number of hydrogen-bond acceptors (Lipinski definition) is 3. The highest BCUT2D eigenvalue weighted by atomic mass is 35.5. The van der Waals surface area contributed by atoms with Crippen LogP contribution in [0.25, 0.3) is 10.9 Å². The number of halogens is 1. The molecule has 25 heavy (non-hydrogen) atoms. The average Bonchev–Trinajstić information content (AvgIpc) is 2.87. The van der Waals surface area contributed by atoms with Crippen molar-refractivity contribution in [3.63, 3.8) is 0 Å². The summed E-state index contributed by atoms with van der Waals surface area (Å²) in [5.41, 5.74) is 8.15. The maximum Gasteiger partial charge on any atom is 0.242 e. The summed E-state index contributed by atoms with van der Waals surface area (Å²) < 4.78 is 1.97. The molecule has 0 saturated carbocycles. The van der Waals surface area contributed by atoms with Crippen LogP contribution in [0.2, 0.25) is 0 Å². The molecule has 0 aliphatic carbocycles. The lowest BCUT2D eigenvalue weighted by molar-refractivity contribution is -0.133. The van der Waals surface area contributed by atoms with Crippen molar-refractivity contribution < 1.29 is 4.79 Å². The normalized spacial score (nSPS) is 17.2. The molecule has 1 aromatic heterocycles. The molecule has 0 spiro atoms. The lowest BCUT2D eigenvalue weighted by Crippen LogP contribution is -2.42. The van der Waals surface area contributed by atoms with Gasteiger partial charge in [-0.2, -0.15) is 5.26 Å². The average molecular weight is 361 g/mol. The number of aromatic nitrogens is 1. The van der Waals surface area contributed by atoms with Gasteiger partial charge >= 0.3 is 0 Å². The molecule has 1 fully saturated rings. The maximum absolute atomic E-state index is 12.8. The molecular weight excluding hydrogens is 336 g/mol. The van der Waals surface area contributed by atoms with Gasteiger partial charge in [0.05, 0.1) is 11.1 Å². The van der Waals surface area contributed by atoms with Crippen molar-refractivity contribution in [2.24, 2.45) is 11.7 Å². The Morgan fingerprint density at radius 3 is 2.88 bits per heavy atom. The number of fused-ring (bicyclic) bond motifs is 1. The van der Waals surface area contributed by atoms with Gasteiger partial charge in [-0.15, -0.1) is 12.4 Å². The van der Waals surface area contributed by atoms with Crippen molar-refractivity contribution >= 4 is 29.2 Å². The fourth-order valence-corrected chi connectivity index (χ4v) is 3.77. The molecule has 1 atom stereocenters. The minimum Gasteiger partial charge on any atom is -0.341 e. The van der Waals surface area contributed by atoms with Crippen LogP contribution >= 0.6 is 12.4 Å². The number of likely N-dealkylation sites (tertiary alicyclic amines) is 1. The molecule has 2 heterocycles. The van der Waals surface area contributed by atoms with E-state index in [9.17, 15) is 10.1 Å². The van der Waals surface area contributed by atoms with Crippen LogP contribution in [0.3, 0.4) is 0 Å². The number of nitrogens with zero attached hydrogens (tertiary/aromatic N) is 3. The van der Waals surface area contributed by atoms with Gasteiger partial charge in [0.15, 0.2) is 0 Å². The molecule has 1 aliphatic rings. The van der Waals surface area contributed by atoms with Gasteiger partial charge in [-0.25, -0.2) is 0 Å². The van der Waals surface area contributed by atoms with Crippen molar-refractivity contribution in [2.45, 2.75) is 32.7 Å². The molecule has 0 radical (unpaired) electrons. The number of carbonyl (C=O) groups is 1. The van der Waals surface area contributed by atoms with Gasteiger partial charge in [-0.3, -0.25) is 4.79 Å². The number of piperidine rings is 1. The fraction of sp³-hybridized carbons (Fsp3) is 0.474. The smallest absolute Gasteiger partial charge is 0.242 e. The topological polar surface area (TPSA) is 75.0 Å². The predicted octanol–water partition coefficient (Wildman–Crippen LogP) is 2.83. The Bertz CT molecular complexity index is 791. The molecule has 1 unspecified atom stereocenters. The Morgan fingerprint density at radius 1 is 1.40 bits per heavy atom. The van der Waals surface area contributed by atoms with Crippen LogP contribution in [0.1, 0.15) is 30.5 Å². The quantitative estimate of drug-likeness (QED) is 0.910. The summed E-state index contributed by atoms with van der Waals surface area (Å²) in [6, 6.07) is 10.1. The van der Waals surface area contributed by atoms with E-state index in [4.69, 9.17) is 5.73 Å². The van der Waals surface area contributed by atoms with E-state index in [1.165, 1.54) is 0 Å². The molecule has 1 saturated heterocycles. The van der Waals surface area contributed by atoms with Crippen LogP contribution in [-0.2, 0) is 11.3 Å². The van der Waals surface area contributed by atoms with Crippen LogP contribution in [0.15, 0.2) is 24.3 Å². The molecule has 6 heteroatoms. The first-order valence-electron chi connectivity index (χ1n) is 8.61. The number of para-hydroxylation sites is 1. The van der Waals surface area contributed by atoms with E-state index in [0.29, 0.717) is 24.6 Å². The van der Waals surface area contributed by atoms with Gasteiger partial charge in [-0.1, -0.05) is 18.2 Å². The number of amides is 1. The number of hydrogen-bond donors (Lipinski definition) is 1. The molecule has 1 amide bonds. The zero-order valence-corrected chi connectivity index (χ0v) is 15.4. The van der Waals surface area contributed by atoms with E-state index in [-0.39, 0.29) is 18.3 Å². The van der Waals surface area contributed by atoms with Gasteiger partial charge in [0.2, 0.25) is 5.91 Å². The highest BCUT2D eigenvalue weighted by molar-refractivity contribution is 5.89. The first-order chi connectivity index (χ1) is 11.7. The molecule has 2 N–H and O–H groups in total. The van der Waals surface area contributed by atoms with Gasteiger partial charge in [-0.05, 0) is 44.7 Å². The van der Waals surface area contributed by atoms with Crippen LogP contribution in [0.4, 0.5) is 0 Å². The lowest BCUT2D eigenvalue weighted by Gasteiger charge is -2.33. The number of nitrogens with two attached hydrogens (primary N) is 1. The van der Waals surface area contributed by atoms with E-state index >= 15 is 0 Å². The second-order valence-electron chi connectivity index (χ2n) is 6.60. The third-order valence-corrected chi connectivity index (χ3v) is 5.08. The molecular formula is C19H25ClN4O. The van der Waals surface area contributed by atoms with Crippen molar-refractivity contribution in [2.75, 3.05) is 19.6 Å². The van der Waals surface area contributed by atoms with E-state index in [1.54, 1.807) is 0 Å². The van der Waals surface area contributed by atoms with Crippen molar-refractivity contribution in [3.8, 4) is 6.07 Å². The van der Waals surface area contributed by atoms with Gasteiger partial charge in [0.25, 0.3) is 0 Å². The minimum atomic E-state index is 0. The zero-order chi connectivity index (χ0) is 17.1. The highest BCUT2D eigenvalue weighted by Crippen LogP contribution is 2.26. The Morgan fingerprint density at radius 2 is 2.16 bits per heavy atom. The Hall–Kier alpha value is -2.03. The molecule has 0 bridgehead atoms. The number of rotatable bonds is 4. The molecule has 5 nitrogen and oxygen atoms in total. The van der Waals surface area contributed by atoms with E-state index in [1.807, 2.05) is 40.7 Å². The SMILES string of the molecule is Cc1c(C#N)c2ccccc2n1CC(=O)N1CCCC(CCN)C1.Cl. The highest BCUT2D eigenvalue weighted by Gasteiger charge is 2.24. The molecule has 1 aromatic carbocycles. The van der Waals surface area contributed by atoms with Gasteiger partial charge in [0.1, 0.15) is 12.6 Å². The Labute approximate surface area is 154 Å². The monoisotopic (exact) mass is 360 g/mol. The van der Waals surface area contributed by atoms with Crippen LogP contribution < -0.4 is 5.73 Å². The maximum atomic E-state index is 12.8. The summed E-state index contributed by atoms with van der Waals surface area (Å²) >= 11 is 0. The summed E-state index contributed by atoms with van der Waals surface area (Å²) in [5.74, 6) is 0.648. The summed E-state index contributed by atoms with van der Waals surface area (Å²) in [6.07, 6.45) is 3.18. The van der Waals surface area contributed by atoms with Gasteiger partial charge < -0.3 is 15.2 Å². The van der Waals surface area contributed by atoms with Crippen LogP contribution in [0, 0.1) is 24.2 Å². The van der Waals surface area contributed by atoms with E-state index < -0.39 is 0 Å². The molecule has 3 rings (SSSR count). The Kier molecular flexibility index (Phi) is 6.46. The van der Waals surface area contributed by atoms with E-state index in [2.05, 4.69) is 6.07 Å². The fourth-order valence-electron chi connectivity index (χ4n) is 3.77. The third kappa shape index (κ3) is 3.81. The zero-order valence-electron chi connectivity index (χ0n) is 14.6. The van der Waals surface area contributed by atoms with Crippen LogP contribution in [0.5, 0.6) is 0 Å². The second-order valence-corrected chi connectivity index (χ2v) is 6.60. The van der Waals surface area contributed by atoms with Crippen LogP contribution in [-0.4, -0.2) is 35.0 Å². The third-order valence-electron chi connectivity index (χ3n) is 5.08.